The van der Waals surface area contributed by atoms with Gasteiger partial charge in [0.1, 0.15) is 0 Å². The zero-order valence-corrected chi connectivity index (χ0v) is 16.3. The maximum absolute atomic E-state index is 12.1. The normalized spacial score (nSPS) is 14.8. The van der Waals surface area contributed by atoms with Gasteiger partial charge in [-0.05, 0) is 32.7 Å². The van der Waals surface area contributed by atoms with Crippen LogP contribution in [0.5, 0.6) is 0 Å². The molecule has 5 nitrogen and oxygen atoms in total. The molecule has 2 heterocycles. The molecule has 1 aromatic heterocycles. The summed E-state index contributed by atoms with van der Waals surface area (Å²) in [5.41, 5.74) is 1.08. The molecule has 8 heteroatoms. The molecular weight excluding hydrogens is 355 g/mol. The second kappa shape index (κ2) is 11.9. The third kappa shape index (κ3) is 7.25. The first kappa shape index (κ1) is 22.4. The molecule has 0 spiro atoms. The van der Waals surface area contributed by atoms with Crippen LogP contribution in [-0.2, 0) is 4.79 Å². The number of hydrogen-bond acceptors (Lipinski definition) is 5. The van der Waals surface area contributed by atoms with Gasteiger partial charge in [-0.25, -0.2) is 4.98 Å². The van der Waals surface area contributed by atoms with Gasteiger partial charge >= 0.3 is 0 Å². The average Bonchev–Trinajstić information content (AvgIpc) is 2.93. The van der Waals surface area contributed by atoms with Gasteiger partial charge in [0.15, 0.2) is 5.13 Å². The number of amides is 1. The predicted octanol–water partition coefficient (Wildman–Crippen LogP) is 2.63. The number of nitrogens with one attached hydrogen (secondary N) is 2. The third-order valence-corrected chi connectivity index (χ3v) is 4.79. The largest absolute Gasteiger partial charge is 0.355 e. The second-order valence-electron chi connectivity index (χ2n) is 5.57. The van der Waals surface area contributed by atoms with E-state index in [9.17, 15) is 4.79 Å². The minimum Gasteiger partial charge on any atom is -0.355 e. The lowest BCUT2D eigenvalue weighted by molar-refractivity contribution is -0.125. The van der Waals surface area contributed by atoms with Gasteiger partial charge in [-0.3, -0.25) is 4.79 Å². The van der Waals surface area contributed by atoms with E-state index >= 15 is 0 Å². The molecule has 0 unspecified atom stereocenters. The van der Waals surface area contributed by atoms with E-state index in [1.54, 1.807) is 11.3 Å². The summed E-state index contributed by atoms with van der Waals surface area (Å²) in [4.78, 5) is 18.9. The topological polar surface area (TPSA) is 57.3 Å². The quantitative estimate of drug-likeness (QED) is 0.711. The van der Waals surface area contributed by atoms with Crippen LogP contribution in [0.1, 0.15) is 31.9 Å². The molecule has 1 aromatic rings. The summed E-state index contributed by atoms with van der Waals surface area (Å²) in [6.07, 6.45) is 2.97. The SMILES string of the molecule is CCCNCCNC(=O)C1CCN(c2nc(C)cs2)CC1.Cl.Cl. The molecule has 1 aliphatic heterocycles. The summed E-state index contributed by atoms with van der Waals surface area (Å²) in [6, 6.07) is 0. The smallest absolute Gasteiger partial charge is 0.223 e. The highest BCUT2D eigenvalue weighted by Crippen LogP contribution is 2.26. The van der Waals surface area contributed by atoms with E-state index in [2.05, 4.69) is 32.8 Å². The Balaban J connectivity index is 0.00000242. The molecular formula is C15H28Cl2N4OS. The highest BCUT2D eigenvalue weighted by Gasteiger charge is 2.25. The Morgan fingerprint density at radius 3 is 2.57 bits per heavy atom. The maximum Gasteiger partial charge on any atom is 0.223 e. The first-order chi connectivity index (χ1) is 10.2. The van der Waals surface area contributed by atoms with Crippen LogP contribution in [0.25, 0.3) is 0 Å². The van der Waals surface area contributed by atoms with E-state index in [0.717, 1.165) is 62.8 Å². The van der Waals surface area contributed by atoms with Crippen LogP contribution >= 0.6 is 36.2 Å². The van der Waals surface area contributed by atoms with Gasteiger partial charge in [0, 0.05) is 37.5 Å². The number of piperidine rings is 1. The fourth-order valence-electron chi connectivity index (χ4n) is 2.54. The maximum atomic E-state index is 12.1. The summed E-state index contributed by atoms with van der Waals surface area (Å²) < 4.78 is 0. The number of nitrogens with zero attached hydrogens (tertiary/aromatic N) is 2. The molecule has 0 radical (unpaired) electrons. The minimum atomic E-state index is 0. The van der Waals surface area contributed by atoms with Crippen LogP contribution in [0, 0.1) is 12.8 Å². The number of carbonyl (C=O) groups is 1. The first-order valence-corrected chi connectivity index (χ1v) is 8.74. The van der Waals surface area contributed by atoms with Crippen LogP contribution in [0.15, 0.2) is 5.38 Å². The van der Waals surface area contributed by atoms with Gasteiger partial charge in [-0.1, -0.05) is 6.92 Å². The summed E-state index contributed by atoms with van der Waals surface area (Å²) in [7, 11) is 0. The van der Waals surface area contributed by atoms with Crippen molar-refractivity contribution >= 4 is 47.2 Å². The zero-order valence-electron chi connectivity index (χ0n) is 13.8. The number of rotatable bonds is 7. The van der Waals surface area contributed by atoms with E-state index < -0.39 is 0 Å². The molecule has 0 saturated carbocycles. The second-order valence-corrected chi connectivity index (χ2v) is 6.41. The van der Waals surface area contributed by atoms with E-state index in [-0.39, 0.29) is 36.6 Å². The average molecular weight is 383 g/mol. The van der Waals surface area contributed by atoms with Crippen molar-refractivity contribution in [1.82, 2.24) is 15.6 Å². The highest BCUT2D eigenvalue weighted by molar-refractivity contribution is 7.13. The summed E-state index contributed by atoms with van der Waals surface area (Å²) in [6.45, 7) is 8.62. The van der Waals surface area contributed by atoms with Crippen molar-refractivity contribution in [3.63, 3.8) is 0 Å². The van der Waals surface area contributed by atoms with E-state index in [1.807, 2.05) is 6.92 Å². The number of halogens is 2. The number of carbonyl (C=O) groups excluding carboxylic acids is 1. The molecule has 0 bridgehead atoms. The van der Waals surface area contributed by atoms with E-state index in [0.29, 0.717) is 0 Å². The molecule has 1 amide bonds. The molecule has 0 aliphatic carbocycles. The van der Waals surface area contributed by atoms with Gasteiger partial charge in [0.05, 0.1) is 5.69 Å². The predicted molar refractivity (Wildman–Crippen MR) is 102 cm³/mol. The Morgan fingerprint density at radius 2 is 2.00 bits per heavy atom. The van der Waals surface area contributed by atoms with Gasteiger partial charge in [0.2, 0.25) is 5.91 Å². The lowest BCUT2D eigenvalue weighted by atomic mass is 9.96. The van der Waals surface area contributed by atoms with Crippen molar-refractivity contribution in [2.45, 2.75) is 33.1 Å². The van der Waals surface area contributed by atoms with Gasteiger partial charge in [0.25, 0.3) is 0 Å². The van der Waals surface area contributed by atoms with Crippen molar-refractivity contribution < 1.29 is 4.79 Å². The highest BCUT2D eigenvalue weighted by atomic mass is 35.5. The number of aryl methyl sites for hydroxylation is 1. The molecule has 134 valence electrons. The standard InChI is InChI=1S/C15H26N4OS.2ClH/c1-3-6-16-7-8-17-14(20)13-4-9-19(10-5-13)15-18-12(2)11-21-15;;/h11,13,16H,3-10H2,1-2H3,(H,17,20);2*1H. The Hall–Kier alpha value is -0.560. The van der Waals surface area contributed by atoms with Crippen molar-refractivity contribution in [3.05, 3.63) is 11.1 Å². The van der Waals surface area contributed by atoms with E-state index in [1.165, 1.54) is 0 Å². The fraction of sp³-hybridized carbons (Fsp3) is 0.733. The minimum absolute atomic E-state index is 0. The summed E-state index contributed by atoms with van der Waals surface area (Å²) >= 11 is 1.69. The Kier molecular flexibility index (Phi) is 11.6. The Labute approximate surface area is 155 Å². The van der Waals surface area contributed by atoms with Crippen molar-refractivity contribution in [2.75, 3.05) is 37.6 Å². The van der Waals surface area contributed by atoms with Crippen LogP contribution in [-0.4, -0.2) is 43.6 Å². The van der Waals surface area contributed by atoms with Crippen molar-refractivity contribution in [2.24, 2.45) is 5.92 Å². The molecule has 0 aromatic carbocycles. The van der Waals surface area contributed by atoms with Crippen LogP contribution in [0.4, 0.5) is 5.13 Å². The summed E-state index contributed by atoms with van der Waals surface area (Å²) in [5, 5.41) is 9.50. The zero-order chi connectivity index (χ0) is 15.1. The van der Waals surface area contributed by atoms with Gasteiger partial charge in [-0.15, -0.1) is 36.2 Å². The monoisotopic (exact) mass is 382 g/mol. The molecule has 1 saturated heterocycles. The summed E-state index contributed by atoms with van der Waals surface area (Å²) in [5.74, 6) is 0.372. The fourth-order valence-corrected chi connectivity index (χ4v) is 3.40. The molecule has 2 N–H and O–H groups in total. The van der Waals surface area contributed by atoms with Crippen molar-refractivity contribution in [1.29, 1.82) is 0 Å². The van der Waals surface area contributed by atoms with Crippen molar-refractivity contribution in [3.8, 4) is 0 Å². The molecule has 0 atom stereocenters. The molecule has 23 heavy (non-hydrogen) atoms. The number of hydrogen-bond donors (Lipinski definition) is 2. The Morgan fingerprint density at radius 1 is 1.30 bits per heavy atom. The van der Waals surface area contributed by atoms with Gasteiger partial charge < -0.3 is 15.5 Å². The number of aromatic nitrogens is 1. The Bertz CT molecular complexity index is 450. The lowest BCUT2D eigenvalue weighted by Crippen LogP contribution is -2.42. The third-order valence-electron chi connectivity index (χ3n) is 3.77. The van der Waals surface area contributed by atoms with Crippen LogP contribution in [0.2, 0.25) is 0 Å². The van der Waals surface area contributed by atoms with Gasteiger partial charge in [-0.2, -0.15) is 0 Å². The lowest BCUT2D eigenvalue weighted by Gasteiger charge is -2.31. The van der Waals surface area contributed by atoms with E-state index in [4.69, 9.17) is 0 Å². The number of thiazole rings is 1. The van der Waals surface area contributed by atoms with Crippen LogP contribution in [0.3, 0.4) is 0 Å². The molecule has 1 aliphatic rings. The number of anilines is 1. The first-order valence-electron chi connectivity index (χ1n) is 7.86. The molecule has 1 fully saturated rings. The van der Waals surface area contributed by atoms with Crippen LogP contribution < -0.4 is 15.5 Å². The molecule has 2 rings (SSSR count).